The van der Waals surface area contributed by atoms with Gasteiger partial charge in [0.1, 0.15) is 17.2 Å². The fraction of sp³-hybridized carbons (Fsp3) is 0.276. The highest BCUT2D eigenvalue weighted by Crippen LogP contribution is 2.18. The smallest absolute Gasteiger partial charge is 0.290 e. The molecule has 9 nitrogen and oxygen atoms in total. The van der Waals surface area contributed by atoms with Gasteiger partial charge < -0.3 is 24.8 Å². The first kappa shape index (κ1) is 26.5. The molecule has 0 spiro atoms. The van der Waals surface area contributed by atoms with Crippen LogP contribution in [0.2, 0.25) is 0 Å². The second-order valence-corrected chi connectivity index (χ2v) is 8.44. The van der Waals surface area contributed by atoms with Gasteiger partial charge in [0.15, 0.2) is 6.10 Å². The Kier molecular flexibility index (Phi) is 9.17. The third kappa shape index (κ3) is 7.25. The topological polar surface area (TPSA) is 99.5 Å². The van der Waals surface area contributed by atoms with Gasteiger partial charge in [-0.3, -0.25) is 4.79 Å². The molecule has 0 aliphatic carbocycles. The number of para-hydroxylation sites is 1. The number of carbonyl (C=O) groups is 1. The van der Waals surface area contributed by atoms with Gasteiger partial charge >= 0.3 is 0 Å². The largest absolute Gasteiger partial charge is 0.494 e. The predicted molar refractivity (Wildman–Crippen MR) is 147 cm³/mol. The summed E-state index contributed by atoms with van der Waals surface area (Å²) in [5.41, 5.74) is 2.04. The van der Waals surface area contributed by atoms with Crippen LogP contribution in [0.1, 0.15) is 36.7 Å². The van der Waals surface area contributed by atoms with Crippen LogP contribution in [0, 0.1) is 0 Å². The molecule has 0 saturated carbocycles. The number of aromatic nitrogens is 3. The Morgan fingerprint density at radius 3 is 1.89 bits per heavy atom. The predicted octanol–water partition coefficient (Wildman–Crippen LogP) is 5.41. The minimum atomic E-state index is -0.774. The van der Waals surface area contributed by atoms with E-state index in [-0.39, 0.29) is 5.91 Å². The molecule has 0 bridgehead atoms. The molecule has 1 aromatic heterocycles. The van der Waals surface area contributed by atoms with E-state index in [0.717, 1.165) is 22.6 Å². The zero-order valence-electron chi connectivity index (χ0n) is 21.9. The summed E-state index contributed by atoms with van der Waals surface area (Å²) in [6, 6.07) is 24.8. The summed E-state index contributed by atoms with van der Waals surface area (Å²) < 4.78 is 18.1. The minimum Gasteiger partial charge on any atom is -0.494 e. The van der Waals surface area contributed by atoms with Gasteiger partial charge in [0.05, 0.1) is 13.2 Å². The molecule has 0 unspecified atom stereocenters. The molecule has 4 rings (SSSR count). The summed E-state index contributed by atoms with van der Waals surface area (Å²) in [5.74, 6) is 2.53. The summed E-state index contributed by atoms with van der Waals surface area (Å²) >= 11 is 0. The van der Waals surface area contributed by atoms with Crippen molar-refractivity contribution < 1.29 is 19.0 Å². The first-order valence-corrected chi connectivity index (χ1v) is 12.7. The molecular formula is C29H33N5O4. The van der Waals surface area contributed by atoms with Gasteiger partial charge in [0, 0.05) is 13.1 Å². The number of anilines is 2. The number of hydrogen-bond donors (Lipinski definition) is 2. The Morgan fingerprint density at radius 2 is 1.34 bits per heavy atom. The van der Waals surface area contributed by atoms with E-state index in [2.05, 4.69) is 20.7 Å². The number of nitrogens with zero attached hydrogens (tertiary/aromatic N) is 3. The Balaban J connectivity index is 1.48. The maximum Gasteiger partial charge on any atom is 0.290 e. The van der Waals surface area contributed by atoms with Crippen LogP contribution in [-0.4, -0.2) is 40.0 Å². The van der Waals surface area contributed by atoms with E-state index in [0.29, 0.717) is 43.9 Å². The van der Waals surface area contributed by atoms with Crippen LogP contribution in [0.25, 0.3) is 0 Å². The molecule has 0 aliphatic rings. The SMILES string of the molecule is CCOc1ccc(CNc2nc(NCc3ccc(OCC)cc3)n(C(=O)[C@@H](C)Oc3ccccc3)n2)cc1. The fourth-order valence-corrected chi connectivity index (χ4v) is 3.68. The quantitative estimate of drug-likeness (QED) is 0.244. The lowest BCUT2D eigenvalue weighted by atomic mass is 10.2. The summed E-state index contributed by atoms with van der Waals surface area (Å²) in [6.07, 6.45) is -0.774. The third-order valence-electron chi connectivity index (χ3n) is 5.59. The molecule has 9 heteroatoms. The zero-order valence-corrected chi connectivity index (χ0v) is 21.9. The summed E-state index contributed by atoms with van der Waals surface area (Å²) in [4.78, 5) is 17.9. The monoisotopic (exact) mass is 515 g/mol. The molecule has 0 amide bonds. The fourth-order valence-electron chi connectivity index (χ4n) is 3.68. The molecule has 4 aromatic rings. The minimum absolute atomic E-state index is 0.321. The van der Waals surface area contributed by atoms with Crippen molar-refractivity contribution in [1.82, 2.24) is 14.8 Å². The lowest BCUT2D eigenvalue weighted by molar-refractivity contribution is 0.0713. The standard InChI is InChI=1S/C29H33N5O4/c1-4-36-24-15-11-22(12-16-24)19-30-28-32-29(31-20-23-13-17-25(18-14-23)37-5-2)34(33-28)27(35)21(3)38-26-9-7-6-8-10-26/h6-18,21H,4-5,19-20H2,1-3H3,(H2,30,31,32,33)/t21-/m1/s1. The average molecular weight is 516 g/mol. The van der Waals surface area contributed by atoms with Crippen LogP contribution in [-0.2, 0) is 13.1 Å². The molecule has 3 aromatic carbocycles. The highest BCUT2D eigenvalue weighted by atomic mass is 16.5. The van der Waals surface area contributed by atoms with Crippen LogP contribution in [0.5, 0.6) is 17.2 Å². The molecular weight excluding hydrogens is 482 g/mol. The van der Waals surface area contributed by atoms with E-state index in [1.807, 2.05) is 80.6 Å². The Hall–Kier alpha value is -4.53. The van der Waals surface area contributed by atoms with Crippen molar-refractivity contribution in [1.29, 1.82) is 0 Å². The van der Waals surface area contributed by atoms with E-state index in [9.17, 15) is 4.79 Å². The summed E-state index contributed by atoms with van der Waals surface area (Å²) in [6.45, 7) is 7.75. The van der Waals surface area contributed by atoms with Gasteiger partial charge in [-0.1, -0.05) is 42.5 Å². The zero-order chi connectivity index (χ0) is 26.7. The lowest BCUT2D eigenvalue weighted by Gasteiger charge is -2.14. The normalized spacial score (nSPS) is 11.4. The van der Waals surface area contributed by atoms with E-state index in [1.54, 1.807) is 19.1 Å². The number of rotatable bonds is 13. The molecule has 198 valence electrons. The van der Waals surface area contributed by atoms with Crippen LogP contribution in [0.15, 0.2) is 78.9 Å². The Labute approximate surface area is 222 Å². The molecule has 2 N–H and O–H groups in total. The van der Waals surface area contributed by atoms with Crippen LogP contribution >= 0.6 is 0 Å². The van der Waals surface area contributed by atoms with Crippen LogP contribution < -0.4 is 24.8 Å². The summed E-state index contributed by atoms with van der Waals surface area (Å²) in [7, 11) is 0. The number of hydrogen-bond acceptors (Lipinski definition) is 8. The number of carbonyl (C=O) groups excluding carboxylic acids is 1. The van der Waals surface area contributed by atoms with Gasteiger partial charge in [0.25, 0.3) is 5.91 Å². The van der Waals surface area contributed by atoms with E-state index < -0.39 is 6.10 Å². The second kappa shape index (κ2) is 13.1. The van der Waals surface area contributed by atoms with Crippen molar-refractivity contribution in [3.8, 4) is 17.2 Å². The van der Waals surface area contributed by atoms with Crippen molar-refractivity contribution in [3.05, 3.63) is 90.0 Å². The van der Waals surface area contributed by atoms with E-state index in [1.165, 1.54) is 4.68 Å². The highest BCUT2D eigenvalue weighted by Gasteiger charge is 2.23. The second-order valence-electron chi connectivity index (χ2n) is 8.44. The molecule has 0 aliphatic heterocycles. The van der Waals surface area contributed by atoms with Gasteiger partial charge in [-0.25, -0.2) is 0 Å². The van der Waals surface area contributed by atoms with Crippen molar-refractivity contribution in [2.75, 3.05) is 23.8 Å². The van der Waals surface area contributed by atoms with E-state index in [4.69, 9.17) is 14.2 Å². The van der Waals surface area contributed by atoms with Crippen LogP contribution in [0.4, 0.5) is 11.9 Å². The molecule has 0 fully saturated rings. The molecule has 0 radical (unpaired) electrons. The lowest BCUT2D eigenvalue weighted by Crippen LogP contribution is -2.31. The van der Waals surface area contributed by atoms with Gasteiger partial charge in [-0.2, -0.15) is 9.67 Å². The Bertz CT molecular complexity index is 1290. The maximum atomic E-state index is 13.3. The first-order valence-electron chi connectivity index (χ1n) is 12.7. The van der Waals surface area contributed by atoms with E-state index >= 15 is 0 Å². The molecule has 1 heterocycles. The van der Waals surface area contributed by atoms with Gasteiger partial charge in [-0.05, 0) is 68.3 Å². The number of benzene rings is 3. The molecule has 0 saturated heterocycles. The maximum absolute atomic E-state index is 13.3. The Morgan fingerprint density at radius 1 is 0.789 bits per heavy atom. The highest BCUT2D eigenvalue weighted by molar-refractivity contribution is 5.85. The molecule has 38 heavy (non-hydrogen) atoms. The summed E-state index contributed by atoms with van der Waals surface area (Å²) in [5, 5.41) is 10.9. The van der Waals surface area contributed by atoms with Crippen molar-refractivity contribution in [2.24, 2.45) is 0 Å². The third-order valence-corrected chi connectivity index (χ3v) is 5.59. The van der Waals surface area contributed by atoms with Crippen molar-refractivity contribution in [3.63, 3.8) is 0 Å². The molecule has 1 atom stereocenters. The average Bonchev–Trinajstić information content (AvgIpc) is 3.36. The number of nitrogens with one attached hydrogen (secondary N) is 2. The van der Waals surface area contributed by atoms with Crippen molar-refractivity contribution in [2.45, 2.75) is 40.0 Å². The number of ether oxygens (including phenoxy) is 3. The van der Waals surface area contributed by atoms with Gasteiger partial charge in [-0.15, -0.1) is 5.10 Å². The van der Waals surface area contributed by atoms with Crippen molar-refractivity contribution >= 4 is 17.8 Å². The first-order chi connectivity index (χ1) is 18.6. The van der Waals surface area contributed by atoms with Crippen LogP contribution in [0.3, 0.4) is 0 Å². The van der Waals surface area contributed by atoms with Gasteiger partial charge in [0.2, 0.25) is 11.9 Å².